The van der Waals surface area contributed by atoms with Crippen LogP contribution in [0.3, 0.4) is 0 Å². The molecule has 0 aliphatic heterocycles. The maximum atomic E-state index is 13.0. The van der Waals surface area contributed by atoms with E-state index in [1.807, 2.05) is 6.92 Å². The fourth-order valence-corrected chi connectivity index (χ4v) is 1.26. The summed E-state index contributed by atoms with van der Waals surface area (Å²) in [6, 6.07) is 2.96. The van der Waals surface area contributed by atoms with Gasteiger partial charge in [-0.05, 0) is 31.9 Å². The summed E-state index contributed by atoms with van der Waals surface area (Å²) in [5, 5.41) is 3.10. The summed E-state index contributed by atoms with van der Waals surface area (Å²) in [7, 11) is 0. The predicted molar refractivity (Wildman–Crippen MR) is 57.2 cm³/mol. The van der Waals surface area contributed by atoms with Crippen LogP contribution in [0.1, 0.15) is 19.8 Å². The van der Waals surface area contributed by atoms with E-state index in [0.717, 1.165) is 12.8 Å². The van der Waals surface area contributed by atoms with Gasteiger partial charge in [0.2, 0.25) is 0 Å². The molecular weight excluding hydrogens is 203 g/mol. The van der Waals surface area contributed by atoms with E-state index in [1.54, 1.807) is 12.3 Å². The van der Waals surface area contributed by atoms with Gasteiger partial charge in [-0.2, -0.15) is 0 Å². The van der Waals surface area contributed by atoms with Gasteiger partial charge in [-0.1, -0.05) is 0 Å². The number of anilines is 1. The number of hydrogen-bond donors (Lipinski definition) is 1. The molecule has 1 N–H and O–H groups in total. The van der Waals surface area contributed by atoms with Crippen molar-refractivity contribution >= 4 is 17.4 Å². The average Bonchev–Trinajstić information content (AvgIpc) is 2.15. The van der Waals surface area contributed by atoms with Crippen LogP contribution in [0.5, 0.6) is 0 Å². The van der Waals surface area contributed by atoms with E-state index in [2.05, 4.69) is 10.3 Å². The van der Waals surface area contributed by atoms with Gasteiger partial charge in [-0.3, -0.25) is 0 Å². The zero-order valence-corrected chi connectivity index (χ0v) is 8.89. The second-order valence-electron chi connectivity index (χ2n) is 3.18. The summed E-state index contributed by atoms with van der Waals surface area (Å²) >= 11 is 5.77. The van der Waals surface area contributed by atoms with Crippen molar-refractivity contribution in [1.29, 1.82) is 0 Å². The maximum Gasteiger partial charge on any atom is 0.165 e. The summed E-state index contributed by atoms with van der Waals surface area (Å²) in [5.74, 6) is 0.00106. The zero-order chi connectivity index (χ0) is 10.4. The molecule has 0 radical (unpaired) electrons. The number of nitrogens with one attached hydrogen (secondary N) is 1. The first-order chi connectivity index (χ1) is 6.70. The summed E-state index contributed by atoms with van der Waals surface area (Å²) in [5.41, 5.74) is 0. The third-order valence-corrected chi connectivity index (χ3v) is 2.05. The maximum absolute atomic E-state index is 13.0. The summed E-state index contributed by atoms with van der Waals surface area (Å²) in [6.45, 7) is 2.65. The molecule has 14 heavy (non-hydrogen) atoms. The topological polar surface area (TPSA) is 24.9 Å². The van der Waals surface area contributed by atoms with Gasteiger partial charge in [-0.15, -0.1) is 11.6 Å². The molecule has 1 unspecified atom stereocenters. The molecule has 0 aliphatic rings. The van der Waals surface area contributed by atoms with Crippen molar-refractivity contribution in [3.63, 3.8) is 0 Å². The third-order valence-electron chi connectivity index (χ3n) is 1.83. The molecule has 0 spiro atoms. The summed E-state index contributed by atoms with van der Waals surface area (Å²) in [4.78, 5) is 3.88. The van der Waals surface area contributed by atoms with Gasteiger partial charge in [0.15, 0.2) is 11.6 Å². The van der Waals surface area contributed by atoms with Gasteiger partial charge in [0.25, 0.3) is 0 Å². The number of rotatable bonds is 5. The monoisotopic (exact) mass is 216 g/mol. The number of alkyl halides is 1. The number of aromatic nitrogens is 1. The Morgan fingerprint density at radius 3 is 3.07 bits per heavy atom. The van der Waals surface area contributed by atoms with Crippen molar-refractivity contribution in [3.05, 3.63) is 24.1 Å². The van der Waals surface area contributed by atoms with Crippen LogP contribution in [0.4, 0.5) is 10.2 Å². The van der Waals surface area contributed by atoms with Crippen LogP contribution >= 0.6 is 11.6 Å². The molecule has 1 atom stereocenters. The van der Waals surface area contributed by atoms with Gasteiger partial charge in [0.05, 0.1) is 0 Å². The van der Waals surface area contributed by atoms with Crippen LogP contribution < -0.4 is 5.32 Å². The second-order valence-corrected chi connectivity index (χ2v) is 3.93. The van der Waals surface area contributed by atoms with Crippen molar-refractivity contribution in [3.8, 4) is 0 Å². The largest absolute Gasteiger partial charge is 0.368 e. The van der Waals surface area contributed by atoms with E-state index in [9.17, 15) is 4.39 Å². The highest BCUT2D eigenvalue weighted by atomic mass is 35.5. The number of nitrogens with zero attached hydrogens (tertiary/aromatic N) is 1. The van der Waals surface area contributed by atoms with Crippen LogP contribution in [0, 0.1) is 5.82 Å². The highest BCUT2D eigenvalue weighted by Gasteiger charge is 2.01. The first kappa shape index (κ1) is 11.2. The van der Waals surface area contributed by atoms with Crippen LogP contribution in [0.2, 0.25) is 0 Å². The molecule has 1 aromatic rings. The summed E-state index contributed by atoms with van der Waals surface area (Å²) in [6.07, 6.45) is 3.40. The Bertz CT molecular complexity index is 279. The Morgan fingerprint density at radius 1 is 1.64 bits per heavy atom. The molecular formula is C10H14ClFN2. The van der Waals surface area contributed by atoms with E-state index < -0.39 is 0 Å². The minimum absolute atomic E-state index is 0.172. The molecule has 0 saturated heterocycles. The standard InChI is InChI=1S/C10H14ClFN2/c1-8(11)4-2-6-13-10-9(12)5-3-7-14-10/h3,5,7-8H,2,4,6H2,1H3,(H,13,14). The number of hydrogen-bond acceptors (Lipinski definition) is 2. The predicted octanol–water partition coefficient (Wildman–Crippen LogP) is 3.04. The molecule has 4 heteroatoms. The van der Waals surface area contributed by atoms with E-state index in [4.69, 9.17) is 11.6 Å². The Kier molecular flexibility index (Phi) is 4.66. The fourth-order valence-electron chi connectivity index (χ4n) is 1.11. The lowest BCUT2D eigenvalue weighted by Gasteiger charge is -2.06. The average molecular weight is 217 g/mol. The first-order valence-corrected chi connectivity index (χ1v) is 5.12. The molecule has 0 saturated carbocycles. The van der Waals surface area contributed by atoms with Crippen molar-refractivity contribution in [2.75, 3.05) is 11.9 Å². The van der Waals surface area contributed by atoms with Crippen molar-refractivity contribution < 1.29 is 4.39 Å². The van der Waals surface area contributed by atoms with Crippen LogP contribution in [-0.4, -0.2) is 16.9 Å². The van der Waals surface area contributed by atoms with Crippen LogP contribution in [-0.2, 0) is 0 Å². The van der Waals surface area contributed by atoms with Gasteiger partial charge >= 0.3 is 0 Å². The van der Waals surface area contributed by atoms with Gasteiger partial charge < -0.3 is 5.32 Å². The molecule has 0 fully saturated rings. The molecule has 0 aromatic carbocycles. The molecule has 2 nitrogen and oxygen atoms in total. The molecule has 0 bridgehead atoms. The lowest BCUT2D eigenvalue weighted by Crippen LogP contribution is -2.06. The normalized spacial score (nSPS) is 12.5. The fraction of sp³-hybridized carbons (Fsp3) is 0.500. The molecule has 1 heterocycles. The molecule has 1 rings (SSSR count). The molecule has 0 aliphatic carbocycles. The lowest BCUT2D eigenvalue weighted by molar-refractivity contribution is 0.623. The van der Waals surface area contributed by atoms with Crippen LogP contribution in [0.25, 0.3) is 0 Å². The Balaban J connectivity index is 2.28. The van der Waals surface area contributed by atoms with Crippen molar-refractivity contribution in [2.45, 2.75) is 25.1 Å². The molecule has 78 valence electrons. The lowest BCUT2D eigenvalue weighted by atomic mass is 10.2. The number of pyridine rings is 1. The second kappa shape index (κ2) is 5.81. The minimum atomic E-state index is -0.313. The molecule has 1 aromatic heterocycles. The highest BCUT2D eigenvalue weighted by Crippen LogP contribution is 2.09. The van der Waals surface area contributed by atoms with Gasteiger partial charge in [-0.25, -0.2) is 9.37 Å². The van der Waals surface area contributed by atoms with Crippen molar-refractivity contribution in [2.24, 2.45) is 0 Å². The van der Waals surface area contributed by atoms with E-state index >= 15 is 0 Å². The van der Waals surface area contributed by atoms with Gasteiger partial charge in [0.1, 0.15) is 0 Å². The first-order valence-electron chi connectivity index (χ1n) is 4.68. The third kappa shape index (κ3) is 3.92. The van der Waals surface area contributed by atoms with E-state index in [0.29, 0.717) is 12.4 Å². The van der Waals surface area contributed by atoms with Crippen molar-refractivity contribution in [1.82, 2.24) is 4.98 Å². The highest BCUT2D eigenvalue weighted by molar-refractivity contribution is 6.20. The van der Waals surface area contributed by atoms with Crippen LogP contribution in [0.15, 0.2) is 18.3 Å². The van der Waals surface area contributed by atoms with E-state index in [-0.39, 0.29) is 11.2 Å². The zero-order valence-electron chi connectivity index (χ0n) is 8.13. The quantitative estimate of drug-likeness (QED) is 0.605. The summed E-state index contributed by atoms with van der Waals surface area (Å²) < 4.78 is 13.0. The van der Waals surface area contributed by atoms with Gasteiger partial charge in [0, 0.05) is 18.1 Å². The van der Waals surface area contributed by atoms with E-state index in [1.165, 1.54) is 6.07 Å². The number of halogens is 2. The molecule has 0 amide bonds. The minimum Gasteiger partial charge on any atom is -0.368 e. The Labute approximate surface area is 88.5 Å². The smallest absolute Gasteiger partial charge is 0.165 e. The SMILES string of the molecule is CC(Cl)CCCNc1ncccc1F. The Hall–Kier alpha value is -0.830. The Morgan fingerprint density at radius 2 is 2.43 bits per heavy atom.